The third kappa shape index (κ3) is 3.21. The smallest absolute Gasteiger partial charge is 0.250 e. The van der Waals surface area contributed by atoms with Gasteiger partial charge in [-0.1, -0.05) is 24.3 Å². The molecule has 4 N–H and O–H groups in total. The number of H-pyrrole nitrogens is 1. The fraction of sp³-hybridized carbons (Fsp3) is 0.263. The largest absolute Gasteiger partial charge is 0.369 e. The highest BCUT2D eigenvalue weighted by molar-refractivity contribution is 5.98. The Bertz CT molecular complexity index is 903. The highest BCUT2D eigenvalue weighted by Crippen LogP contribution is 2.24. The summed E-state index contributed by atoms with van der Waals surface area (Å²) in [6, 6.07) is 14.3. The van der Waals surface area contributed by atoms with Crippen LogP contribution in [0.25, 0.3) is 10.9 Å². The number of amides is 1. The van der Waals surface area contributed by atoms with Gasteiger partial charge in [0.05, 0.1) is 17.3 Å². The highest BCUT2D eigenvalue weighted by Gasteiger charge is 2.24. The van der Waals surface area contributed by atoms with E-state index in [4.69, 9.17) is 5.73 Å². The van der Waals surface area contributed by atoms with Crippen LogP contribution in [0.5, 0.6) is 0 Å². The van der Waals surface area contributed by atoms with Gasteiger partial charge in [-0.15, -0.1) is 0 Å². The summed E-state index contributed by atoms with van der Waals surface area (Å²) in [5.41, 5.74) is 9.31. The van der Waals surface area contributed by atoms with Crippen LogP contribution in [0.4, 0.5) is 5.69 Å². The first-order valence-corrected chi connectivity index (χ1v) is 8.50. The second kappa shape index (κ2) is 6.57. The van der Waals surface area contributed by atoms with Gasteiger partial charge in [0, 0.05) is 36.7 Å². The summed E-state index contributed by atoms with van der Waals surface area (Å²) in [6.45, 7) is 2.60. The second-order valence-electron chi connectivity index (χ2n) is 6.49. The Morgan fingerprint density at radius 3 is 3.08 bits per heavy atom. The van der Waals surface area contributed by atoms with E-state index in [9.17, 15) is 4.79 Å². The Balaban J connectivity index is 1.40. The first-order chi connectivity index (χ1) is 12.2. The minimum Gasteiger partial charge on any atom is -0.369 e. The van der Waals surface area contributed by atoms with Gasteiger partial charge in [0.15, 0.2) is 0 Å². The van der Waals surface area contributed by atoms with Crippen LogP contribution in [0.15, 0.2) is 48.7 Å². The van der Waals surface area contributed by atoms with Crippen LogP contribution in [0.3, 0.4) is 0 Å². The number of nitrogens with two attached hydrogens (primary N) is 1. The molecule has 6 nitrogen and oxygen atoms in total. The molecule has 4 rings (SSSR count). The van der Waals surface area contributed by atoms with E-state index in [-0.39, 0.29) is 5.91 Å². The number of para-hydroxylation sites is 1. The van der Waals surface area contributed by atoms with Crippen LogP contribution in [0.2, 0.25) is 0 Å². The lowest BCUT2D eigenvalue weighted by molar-refractivity contribution is 0.100. The first kappa shape index (κ1) is 15.7. The maximum atomic E-state index is 11.6. The van der Waals surface area contributed by atoms with Gasteiger partial charge in [0.1, 0.15) is 0 Å². The summed E-state index contributed by atoms with van der Waals surface area (Å²) >= 11 is 0. The highest BCUT2D eigenvalue weighted by atomic mass is 16.1. The minimum absolute atomic E-state index is 0.375. The lowest BCUT2D eigenvalue weighted by atomic mass is 10.1. The molecule has 6 heteroatoms. The zero-order valence-corrected chi connectivity index (χ0v) is 13.9. The Morgan fingerprint density at radius 2 is 2.20 bits per heavy atom. The summed E-state index contributed by atoms with van der Waals surface area (Å²) < 4.78 is 0. The van der Waals surface area contributed by atoms with E-state index in [1.165, 1.54) is 5.56 Å². The fourth-order valence-corrected chi connectivity index (χ4v) is 3.46. The molecule has 2 heterocycles. The van der Waals surface area contributed by atoms with Crippen molar-refractivity contribution in [1.29, 1.82) is 0 Å². The molecule has 0 spiro atoms. The first-order valence-electron chi connectivity index (χ1n) is 8.50. The zero-order valence-electron chi connectivity index (χ0n) is 13.9. The normalized spacial score (nSPS) is 17.3. The van der Waals surface area contributed by atoms with Crippen molar-refractivity contribution in [2.24, 2.45) is 5.73 Å². The predicted molar refractivity (Wildman–Crippen MR) is 98.5 cm³/mol. The summed E-state index contributed by atoms with van der Waals surface area (Å²) in [5.74, 6) is -0.375. The van der Waals surface area contributed by atoms with Crippen molar-refractivity contribution in [3.05, 3.63) is 59.8 Å². The minimum atomic E-state index is -0.375. The third-order valence-electron chi connectivity index (χ3n) is 4.80. The lowest BCUT2D eigenvalue weighted by Crippen LogP contribution is -2.32. The molecule has 0 aliphatic carbocycles. The van der Waals surface area contributed by atoms with Crippen molar-refractivity contribution in [3.8, 4) is 0 Å². The van der Waals surface area contributed by atoms with Crippen LogP contribution in [-0.4, -0.2) is 35.2 Å². The molecule has 1 unspecified atom stereocenters. The quantitative estimate of drug-likeness (QED) is 0.666. The van der Waals surface area contributed by atoms with Gasteiger partial charge in [-0.25, -0.2) is 0 Å². The van der Waals surface area contributed by atoms with E-state index in [0.717, 1.165) is 42.6 Å². The van der Waals surface area contributed by atoms with Gasteiger partial charge in [-0.2, -0.15) is 5.10 Å². The Morgan fingerprint density at radius 1 is 1.32 bits per heavy atom. The maximum Gasteiger partial charge on any atom is 0.250 e. The molecule has 3 aromatic rings. The third-order valence-corrected chi connectivity index (χ3v) is 4.80. The monoisotopic (exact) mass is 335 g/mol. The molecule has 1 aliphatic rings. The van der Waals surface area contributed by atoms with Gasteiger partial charge < -0.3 is 16.0 Å². The fourth-order valence-electron chi connectivity index (χ4n) is 3.46. The number of nitrogens with zero attached hydrogens (tertiary/aromatic N) is 2. The summed E-state index contributed by atoms with van der Waals surface area (Å²) in [4.78, 5) is 13.9. The van der Waals surface area contributed by atoms with Crippen molar-refractivity contribution in [1.82, 2.24) is 15.5 Å². The van der Waals surface area contributed by atoms with Gasteiger partial charge in [-0.05, 0) is 30.2 Å². The van der Waals surface area contributed by atoms with Gasteiger partial charge in [0.2, 0.25) is 0 Å². The number of benzene rings is 2. The molecule has 1 atom stereocenters. The zero-order chi connectivity index (χ0) is 17.2. The van der Waals surface area contributed by atoms with Crippen LogP contribution >= 0.6 is 0 Å². The summed E-state index contributed by atoms with van der Waals surface area (Å²) in [5, 5.41) is 11.8. The molecule has 128 valence electrons. The topological polar surface area (TPSA) is 87.0 Å². The van der Waals surface area contributed by atoms with Crippen molar-refractivity contribution in [2.75, 3.05) is 18.0 Å². The number of hydrogen-bond donors (Lipinski definition) is 3. The SMILES string of the molecule is NC(=O)c1ccccc1N1CCC(NCc2ccc3cn[nH]c3c2)C1. The van der Waals surface area contributed by atoms with Crippen LogP contribution in [-0.2, 0) is 6.54 Å². The molecule has 0 saturated carbocycles. The van der Waals surface area contributed by atoms with Gasteiger partial charge in [0.25, 0.3) is 5.91 Å². The molecular formula is C19H21N5O. The molecule has 1 fully saturated rings. The number of nitrogens with one attached hydrogen (secondary N) is 2. The van der Waals surface area contributed by atoms with E-state index < -0.39 is 0 Å². The molecule has 1 saturated heterocycles. The number of hydrogen-bond acceptors (Lipinski definition) is 4. The maximum absolute atomic E-state index is 11.6. The molecule has 25 heavy (non-hydrogen) atoms. The number of primary amides is 1. The standard InChI is InChI=1S/C19H21N5O/c20-19(25)16-3-1-2-4-18(16)24-8-7-15(12-24)21-10-13-5-6-14-11-22-23-17(14)9-13/h1-6,9,11,15,21H,7-8,10,12H2,(H2,20,25)(H,22,23). The van der Waals surface area contributed by atoms with Crippen molar-refractivity contribution in [2.45, 2.75) is 19.0 Å². The molecule has 0 radical (unpaired) electrons. The Hall–Kier alpha value is -2.86. The number of fused-ring (bicyclic) bond motifs is 1. The van der Waals surface area contributed by atoms with Crippen LogP contribution in [0, 0.1) is 0 Å². The van der Waals surface area contributed by atoms with Crippen LogP contribution in [0.1, 0.15) is 22.3 Å². The molecule has 1 aromatic heterocycles. The van der Waals surface area contributed by atoms with E-state index in [1.807, 2.05) is 24.4 Å². The van der Waals surface area contributed by atoms with Gasteiger partial charge >= 0.3 is 0 Å². The lowest BCUT2D eigenvalue weighted by Gasteiger charge is -2.21. The Kier molecular flexibility index (Phi) is 4.11. The molecule has 2 aromatic carbocycles. The average Bonchev–Trinajstić information content (AvgIpc) is 3.28. The van der Waals surface area contributed by atoms with Crippen molar-refractivity contribution >= 4 is 22.5 Å². The number of anilines is 1. The predicted octanol–water partition coefficient (Wildman–Crippen LogP) is 2.03. The molecule has 1 aliphatic heterocycles. The Labute approximate surface area is 146 Å². The van der Waals surface area contributed by atoms with E-state index in [2.05, 4.69) is 38.6 Å². The molecular weight excluding hydrogens is 314 g/mol. The average molecular weight is 335 g/mol. The number of aromatic amines is 1. The van der Waals surface area contributed by atoms with E-state index in [1.54, 1.807) is 6.07 Å². The number of carbonyl (C=O) groups excluding carboxylic acids is 1. The van der Waals surface area contributed by atoms with E-state index >= 15 is 0 Å². The number of aromatic nitrogens is 2. The van der Waals surface area contributed by atoms with Crippen LogP contribution < -0.4 is 16.0 Å². The second-order valence-corrected chi connectivity index (χ2v) is 6.49. The molecule has 1 amide bonds. The van der Waals surface area contributed by atoms with E-state index in [0.29, 0.717) is 11.6 Å². The van der Waals surface area contributed by atoms with Gasteiger partial charge in [-0.3, -0.25) is 9.89 Å². The summed E-state index contributed by atoms with van der Waals surface area (Å²) in [6.07, 6.45) is 2.87. The number of rotatable bonds is 5. The van der Waals surface area contributed by atoms with Crippen molar-refractivity contribution in [3.63, 3.8) is 0 Å². The molecule has 0 bridgehead atoms. The number of carbonyl (C=O) groups is 1. The summed E-state index contributed by atoms with van der Waals surface area (Å²) in [7, 11) is 0. The van der Waals surface area contributed by atoms with Crippen molar-refractivity contribution < 1.29 is 4.79 Å².